The number of carbonyl (C=O) groups is 1. The van der Waals surface area contributed by atoms with Gasteiger partial charge in [0.25, 0.3) is 0 Å². The molecule has 0 spiro atoms. The highest BCUT2D eigenvalue weighted by Crippen LogP contribution is 2.18. The van der Waals surface area contributed by atoms with Crippen LogP contribution in [0.1, 0.15) is 18.1 Å². The number of nitrogens with one attached hydrogen (secondary N) is 2. The van der Waals surface area contributed by atoms with Crippen molar-refractivity contribution in [2.45, 2.75) is 31.7 Å². The summed E-state index contributed by atoms with van der Waals surface area (Å²) < 4.78 is 32.2. The van der Waals surface area contributed by atoms with Gasteiger partial charge in [-0.15, -0.1) is 0 Å². The summed E-state index contributed by atoms with van der Waals surface area (Å²) >= 11 is 0. The fraction of sp³-hybridized carbons (Fsp3) is 0.278. The summed E-state index contributed by atoms with van der Waals surface area (Å²) in [6, 6.07) is 10.7. The van der Waals surface area contributed by atoms with Gasteiger partial charge < -0.3 is 10.1 Å². The molecule has 6 nitrogen and oxygen atoms in total. The Kier molecular flexibility index (Phi) is 5.81. The second-order valence-corrected chi connectivity index (χ2v) is 7.54. The van der Waals surface area contributed by atoms with E-state index in [0.29, 0.717) is 11.4 Å². The van der Waals surface area contributed by atoms with Gasteiger partial charge in [0, 0.05) is 5.69 Å². The van der Waals surface area contributed by atoms with Crippen molar-refractivity contribution >= 4 is 21.6 Å². The first-order valence-corrected chi connectivity index (χ1v) is 9.26. The van der Waals surface area contributed by atoms with E-state index in [0.717, 1.165) is 11.1 Å². The van der Waals surface area contributed by atoms with Gasteiger partial charge in [-0.1, -0.05) is 12.1 Å². The van der Waals surface area contributed by atoms with E-state index in [2.05, 4.69) is 10.0 Å². The van der Waals surface area contributed by atoms with Crippen molar-refractivity contribution in [1.29, 1.82) is 0 Å². The van der Waals surface area contributed by atoms with Crippen LogP contribution in [0.4, 0.5) is 5.69 Å². The molecule has 25 heavy (non-hydrogen) atoms. The number of rotatable bonds is 6. The number of anilines is 1. The summed E-state index contributed by atoms with van der Waals surface area (Å²) in [5, 5.41) is 2.76. The van der Waals surface area contributed by atoms with Crippen LogP contribution in [0, 0.1) is 13.8 Å². The Labute approximate surface area is 148 Å². The second kappa shape index (κ2) is 7.67. The maximum atomic E-state index is 12.4. The monoisotopic (exact) mass is 362 g/mol. The van der Waals surface area contributed by atoms with Crippen molar-refractivity contribution in [2.24, 2.45) is 0 Å². The Hall–Kier alpha value is -2.38. The third kappa shape index (κ3) is 4.80. The van der Waals surface area contributed by atoms with Crippen LogP contribution >= 0.6 is 0 Å². The van der Waals surface area contributed by atoms with Crippen molar-refractivity contribution in [3.05, 3.63) is 53.6 Å². The Morgan fingerprint density at radius 3 is 2.32 bits per heavy atom. The van der Waals surface area contributed by atoms with Gasteiger partial charge in [0.1, 0.15) is 5.75 Å². The van der Waals surface area contributed by atoms with E-state index in [1.807, 2.05) is 32.0 Å². The molecule has 0 saturated heterocycles. The zero-order valence-electron chi connectivity index (χ0n) is 14.7. The highest BCUT2D eigenvalue weighted by molar-refractivity contribution is 7.89. The maximum Gasteiger partial charge on any atom is 0.242 e. The summed E-state index contributed by atoms with van der Waals surface area (Å²) in [5.74, 6) is 0.130. The molecule has 1 amide bonds. The lowest BCUT2D eigenvalue weighted by molar-refractivity contribution is -0.117. The first kappa shape index (κ1) is 19.0. The number of carbonyl (C=O) groups excluding carboxylic acids is 1. The Morgan fingerprint density at radius 2 is 1.72 bits per heavy atom. The van der Waals surface area contributed by atoms with Crippen LogP contribution in [0.25, 0.3) is 0 Å². The highest BCUT2D eigenvalue weighted by Gasteiger charge is 2.22. The lowest BCUT2D eigenvalue weighted by Gasteiger charge is -2.16. The van der Waals surface area contributed by atoms with Gasteiger partial charge in [0.2, 0.25) is 15.9 Å². The largest absolute Gasteiger partial charge is 0.497 e. The van der Waals surface area contributed by atoms with Crippen LogP contribution in [-0.4, -0.2) is 27.5 Å². The van der Waals surface area contributed by atoms with Crippen molar-refractivity contribution in [3.63, 3.8) is 0 Å². The molecule has 0 aliphatic heterocycles. The van der Waals surface area contributed by atoms with Gasteiger partial charge >= 0.3 is 0 Å². The van der Waals surface area contributed by atoms with Gasteiger partial charge in [-0.3, -0.25) is 4.79 Å². The number of methoxy groups -OCH3 is 1. The van der Waals surface area contributed by atoms with Crippen LogP contribution in [0.5, 0.6) is 5.75 Å². The lowest BCUT2D eigenvalue weighted by atomic mass is 10.1. The van der Waals surface area contributed by atoms with Gasteiger partial charge in [-0.05, 0) is 62.2 Å². The topological polar surface area (TPSA) is 84.5 Å². The molecule has 2 rings (SSSR count). The van der Waals surface area contributed by atoms with E-state index in [9.17, 15) is 13.2 Å². The number of aryl methyl sites for hydroxylation is 2. The zero-order chi connectivity index (χ0) is 18.6. The standard InChI is InChI=1S/C18H22N2O4S/c1-12-5-6-13(2)17(11-12)19-18(21)14(3)20-25(22,23)16-9-7-15(24-4)8-10-16/h5-11,14,20H,1-4H3,(H,19,21). The minimum absolute atomic E-state index is 0.0692. The molecule has 0 aliphatic rings. The van der Waals surface area contributed by atoms with Crippen LogP contribution < -0.4 is 14.8 Å². The molecule has 2 aromatic rings. The number of amides is 1. The minimum Gasteiger partial charge on any atom is -0.497 e. The molecule has 0 bridgehead atoms. The molecule has 134 valence electrons. The molecule has 2 aromatic carbocycles. The number of benzene rings is 2. The molecule has 1 unspecified atom stereocenters. The minimum atomic E-state index is -3.81. The number of hydrogen-bond acceptors (Lipinski definition) is 4. The summed E-state index contributed by atoms with van der Waals surface area (Å²) in [5.41, 5.74) is 2.58. The number of ether oxygens (including phenoxy) is 1. The van der Waals surface area contributed by atoms with E-state index in [4.69, 9.17) is 4.74 Å². The van der Waals surface area contributed by atoms with Crippen molar-refractivity contribution in [3.8, 4) is 5.75 Å². The van der Waals surface area contributed by atoms with Crippen molar-refractivity contribution in [2.75, 3.05) is 12.4 Å². The second-order valence-electron chi connectivity index (χ2n) is 5.83. The highest BCUT2D eigenvalue weighted by atomic mass is 32.2. The van der Waals surface area contributed by atoms with E-state index >= 15 is 0 Å². The molecule has 0 aromatic heterocycles. The predicted molar refractivity (Wildman–Crippen MR) is 97.3 cm³/mol. The van der Waals surface area contributed by atoms with Crippen LogP contribution in [-0.2, 0) is 14.8 Å². The zero-order valence-corrected chi connectivity index (χ0v) is 15.5. The smallest absolute Gasteiger partial charge is 0.242 e. The number of sulfonamides is 1. The average Bonchev–Trinajstić information content (AvgIpc) is 2.57. The van der Waals surface area contributed by atoms with Gasteiger partial charge in [0.05, 0.1) is 18.0 Å². The number of hydrogen-bond donors (Lipinski definition) is 2. The Morgan fingerprint density at radius 1 is 1.08 bits per heavy atom. The summed E-state index contributed by atoms with van der Waals surface area (Å²) in [6.07, 6.45) is 0. The lowest BCUT2D eigenvalue weighted by Crippen LogP contribution is -2.41. The molecular weight excluding hydrogens is 340 g/mol. The molecule has 0 heterocycles. The molecule has 2 N–H and O–H groups in total. The van der Waals surface area contributed by atoms with Gasteiger partial charge in [0.15, 0.2) is 0 Å². The van der Waals surface area contributed by atoms with E-state index in [1.165, 1.54) is 26.2 Å². The fourth-order valence-corrected chi connectivity index (χ4v) is 3.42. The third-order valence-electron chi connectivity index (χ3n) is 3.75. The third-order valence-corrected chi connectivity index (χ3v) is 5.30. The molecule has 1 atom stereocenters. The predicted octanol–water partition coefficient (Wildman–Crippen LogP) is 2.62. The SMILES string of the molecule is COc1ccc(S(=O)(=O)NC(C)C(=O)Nc2cc(C)ccc2C)cc1. The van der Waals surface area contributed by atoms with E-state index in [-0.39, 0.29) is 4.90 Å². The normalized spacial score (nSPS) is 12.5. The first-order chi connectivity index (χ1) is 11.7. The quantitative estimate of drug-likeness (QED) is 0.827. The van der Waals surface area contributed by atoms with Crippen LogP contribution in [0.2, 0.25) is 0 Å². The van der Waals surface area contributed by atoms with Crippen LogP contribution in [0.15, 0.2) is 47.4 Å². The first-order valence-electron chi connectivity index (χ1n) is 7.77. The molecule has 0 aliphatic carbocycles. The van der Waals surface area contributed by atoms with Gasteiger partial charge in [-0.25, -0.2) is 8.42 Å². The van der Waals surface area contributed by atoms with Crippen LogP contribution in [0.3, 0.4) is 0 Å². The fourth-order valence-electron chi connectivity index (χ4n) is 2.22. The molecule has 0 fully saturated rings. The van der Waals surface area contributed by atoms with Crippen molar-refractivity contribution < 1.29 is 17.9 Å². The summed E-state index contributed by atoms with van der Waals surface area (Å²) in [4.78, 5) is 12.4. The Balaban J connectivity index is 2.10. The molecule has 0 radical (unpaired) electrons. The average molecular weight is 362 g/mol. The van der Waals surface area contributed by atoms with E-state index < -0.39 is 22.0 Å². The molecule has 7 heteroatoms. The summed E-state index contributed by atoms with van der Waals surface area (Å²) in [7, 11) is -2.31. The Bertz CT molecular complexity index is 861. The van der Waals surface area contributed by atoms with E-state index in [1.54, 1.807) is 12.1 Å². The van der Waals surface area contributed by atoms with Gasteiger partial charge in [-0.2, -0.15) is 4.72 Å². The maximum absolute atomic E-state index is 12.4. The molecular formula is C18H22N2O4S. The van der Waals surface area contributed by atoms with Crippen molar-refractivity contribution in [1.82, 2.24) is 4.72 Å². The summed E-state index contributed by atoms with van der Waals surface area (Å²) in [6.45, 7) is 5.30. The molecule has 0 saturated carbocycles.